The molecule has 0 bridgehead atoms. The molecule has 2 aromatic heterocycles. The number of pyridine rings is 1. The first-order valence-electron chi connectivity index (χ1n) is 11.1. The molecule has 2 N–H and O–H groups in total. The second kappa shape index (κ2) is 9.02. The number of carbonyl (C=O) groups is 3. The van der Waals surface area contributed by atoms with Gasteiger partial charge in [0.25, 0.3) is 11.8 Å². The Labute approximate surface area is 202 Å². The molecule has 0 atom stereocenters. The van der Waals surface area contributed by atoms with E-state index in [0.717, 1.165) is 16.1 Å². The largest absolute Gasteiger partial charge is 0.478 e. The Kier molecular flexibility index (Phi) is 6.27. The van der Waals surface area contributed by atoms with Crippen LogP contribution in [0.5, 0.6) is 0 Å². The number of carboxylic acids is 1. The molecule has 34 heavy (non-hydrogen) atoms. The van der Waals surface area contributed by atoms with Crippen molar-refractivity contribution in [1.82, 2.24) is 9.88 Å². The minimum Gasteiger partial charge on any atom is -0.478 e. The van der Waals surface area contributed by atoms with Gasteiger partial charge < -0.3 is 15.3 Å². The Balaban J connectivity index is 1.56. The lowest BCUT2D eigenvalue weighted by molar-refractivity contribution is 0.0696. The topological polar surface area (TPSA) is 99.6 Å². The quantitative estimate of drug-likeness (QED) is 0.557. The van der Waals surface area contributed by atoms with Gasteiger partial charge in [0.05, 0.1) is 17.7 Å². The van der Waals surface area contributed by atoms with Crippen LogP contribution in [-0.4, -0.2) is 39.3 Å². The summed E-state index contributed by atoms with van der Waals surface area (Å²) in [5.74, 6) is -1.59. The van der Waals surface area contributed by atoms with E-state index in [2.05, 4.69) is 31.1 Å². The van der Waals surface area contributed by atoms with Gasteiger partial charge in [0.1, 0.15) is 5.00 Å². The number of hydrogen-bond donors (Lipinski definition) is 2. The summed E-state index contributed by atoms with van der Waals surface area (Å²) < 4.78 is 0. The lowest BCUT2D eigenvalue weighted by atomic mass is 9.87. The van der Waals surface area contributed by atoms with Crippen LogP contribution < -0.4 is 5.32 Å². The van der Waals surface area contributed by atoms with E-state index < -0.39 is 5.97 Å². The summed E-state index contributed by atoms with van der Waals surface area (Å²) in [7, 11) is 0. The molecule has 3 heterocycles. The number of amides is 2. The summed E-state index contributed by atoms with van der Waals surface area (Å²) in [6, 6.07) is 10.9. The normalized spacial score (nSPS) is 13.4. The number of carboxylic acid groups (broad SMARTS) is 1. The van der Waals surface area contributed by atoms with Gasteiger partial charge in [0, 0.05) is 28.9 Å². The number of rotatable bonds is 4. The van der Waals surface area contributed by atoms with Crippen LogP contribution in [0, 0.1) is 6.92 Å². The number of nitrogens with zero attached hydrogens (tertiary/aromatic N) is 2. The van der Waals surface area contributed by atoms with Crippen molar-refractivity contribution in [3.8, 4) is 0 Å². The number of aromatic carboxylic acids is 1. The molecule has 0 aliphatic carbocycles. The third-order valence-electron chi connectivity index (χ3n) is 5.96. The molecule has 0 unspecified atom stereocenters. The first kappa shape index (κ1) is 23.6. The molecule has 0 saturated carbocycles. The number of benzene rings is 1. The smallest absolute Gasteiger partial charge is 0.339 e. The van der Waals surface area contributed by atoms with Crippen molar-refractivity contribution in [2.75, 3.05) is 11.9 Å². The maximum absolute atomic E-state index is 12.9. The Morgan fingerprint density at radius 3 is 2.32 bits per heavy atom. The summed E-state index contributed by atoms with van der Waals surface area (Å²) >= 11 is 1.22. The van der Waals surface area contributed by atoms with Gasteiger partial charge in [-0.2, -0.15) is 0 Å². The Morgan fingerprint density at radius 2 is 1.74 bits per heavy atom. The maximum atomic E-state index is 12.9. The fraction of sp³-hybridized carbons (Fsp3) is 0.308. The van der Waals surface area contributed by atoms with Crippen LogP contribution in [-0.2, 0) is 18.4 Å². The molecule has 1 aliphatic heterocycles. The molecule has 0 spiro atoms. The Morgan fingerprint density at radius 1 is 1.06 bits per heavy atom. The van der Waals surface area contributed by atoms with E-state index in [9.17, 15) is 19.5 Å². The van der Waals surface area contributed by atoms with Crippen molar-refractivity contribution in [1.29, 1.82) is 0 Å². The molecule has 4 rings (SSSR count). The predicted octanol–water partition coefficient (Wildman–Crippen LogP) is 4.90. The SMILES string of the molecule is Cc1ccc(C(=O)N2CCc3c(sc(NC(=O)c4ccc(C(C)(C)C)cc4)c3C(=O)O)C2)cn1. The molecule has 8 heteroatoms. The fourth-order valence-electron chi connectivity index (χ4n) is 3.96. The zero-order chi connectivity index (χ0) is 24.6. The molecule has 3 aromatic rings. The van der Waals surface area contributed by atoms with Gasteiger partial charge in [0.15, 0.2) is 0 Å². The average Bonchev–Trinajstić information content (AvgIpc) is 3.15. The summed E-state index contributed by atoms with van der Waals surface area (Å²) in [6.45, 7) is 8.85. The standard InChI is InChI=1S/C26H27N3O4S/c1-15-5-6-17(13-27-15)24(31)29-12-11-19-20(14-29)34-23(21(19)25(32)33)28-22(30)16-7-9-18(10-8-16)26(2,3)4/h5-10,13H,11-12,14H2,1-4H3,(H,28,30)(H,32,33). The summed E-state index contributed by atoms with van der Waals surface area (Å²) in [6.07, 6.45) is 1.97. The summed E-state index contributed by atoms with van der Waals surface area (Å²) in [5, 5.41) is 13.0. The molecule has 176 valence electrons. The van der Waals surface area contributed by atoms with Gasteiger partial charge in [0.2, 0.25) is 0 Å². The van der Waals surface area contributed by atoms with E-state index in [1.165, 1.54) is 11.3 Å². The number of aryl methyl sites for hydroxylation is 1. The van der Waals surface area contributed by atoms with Gasteiger partial charge in [-0.3, -0.25) is 14.6 Å². The monoisotopic (exact) mass is 477 g/mol. The molecule has 0 radical (unpaired) electrons. The van der Waals surface area contributed by atoms with Crippen molar-refractivity contribution in [2.45, 2.75) is 46.1 Å². The van der Waals surface area contributed by atoms with Gasteiger partial charge in [-0.15, -0.1) is 11.3 Å². The maximum Gasteiger partial charge on any atom is 0.339 e. The van der Waals surface area contributed by atoms with Crippen LogP contribution in [0.25, 0.3) is 0 Å². The number of nitrogens with one attached hydrogen (secondary N) is 1. The zero-order valence-corrected chi connectivity index (χ0v) is 20.5. The van der Waals surface area contributed by atoms with Gasteiger partial charge >= 0.3 is 5.97 Å². The highest BCUT2D eigenvalue weighted by Gasteiger charge is 2.31. The second-order valence-corrected chi connectivity index (χ2v) is 10.6. The van der Waals surface area contributed by atoms with Crippen LogP contribution in [0.4, 0.5) is 5.00 Å². The lowest BCUT2D eigenvalue weighted by Gasteiger charge is -2.27. The number of thiophene rings is 1. The van der Waals surface area contributed by atoms with E-state index in [0.29, 0.717) is 41.2 Å². The van der Waals surface area contributed by atoms with Crippen LogP contribution in [0.15, 0.2) is 42.6 Å². The van der Waals surface area contributed by atoms with Crippen molar-refractivity contribution in [3.05, 3.63) is 81.0 Å². The van der Waals surface area contributed by atoms with E-state index >= 15 is 0 Å². The molecule has 7 nitrogen and oxygen atoms in total. The van der Waals surface area contributed by atoms with E-state index in [-0.39, 0.29) is 22.8 Å². The van der Waals surface area contributed by atoms with E-state index in [1.807, 2.05) is 19.1 Å². The molecule has 2 amide bonds. The molecular formula is C26H27N3O4S. The predicted molar refractivity (Wildman–Crippen MR) is 132 cm³/mol. The van der Waals surface area contributed by atoms with Crippen LogP contribution >= 0.6 is 11.3 Å². The first-order valence-corrected chi connectivity index (χ1v) is 11.9. The molecule has 0 fully saturated rings. The highest BCUT2D eigenvalue weighted by molar-refractivity contribution is 7.17. The highest BCUT2D eigenvalue weighted by atomic mass is 32.1. The third-order valence-corrected chi connectivity index (χ3v) is 7.09. The molecule has 1 aliphatic rings. The van der Waals surface area contributed by atoms with Crippen molar-refractivity contribution in [2.24, 2.45) is 0 Å². The van der Waals surface area contributed by atoms with Gasteiger partial charge in [-0.05, 0) is 54.2 Å². The lowest BCUT2D eigenvalue weighted by Crippen LogP contribution is -2.35. The van der Waals surface area contributed by atoms with Crippen molar-refractivity contribution >= 4 is 34.1 Å². The molecule has 0 saturated heterocycles. The summed E-state index contributed by atoms with van der Waals surface area (Å²) in [4.78, 5) is 44.5. The molecule has 1 aromatic carbocycles. The van der Waals surface area contributed by atoms with Crippen molar-refractivity contribution in [3.63, 3.8) is 0 Å². The third kappa shape index (κ3) is 4.72. The van der Waals surface area contributed by atoms with E-state index in [4.69, 9.17) is 0 Å². The van der Waals surface area contributed by atoms with Crippen LogP contribution in [0.2, 0.25) is 0 Å². The Hall–Kier alpha value is -3.52. The minimum atomic E-state index is -1.08. The number of hydrogen-bond acceptors (Lipinski definition) is 5. The average molecular weight is 478 g/mol. The second-order valence-electron chi connectivity index (χ2n) is 9.46. The highest BCUT2D eigenvalue weighted by Crippen LogP contribution is 2.38. The number of carbonyl (C=O) groups excluding carboxylic acids is 2. The minimum absolute atomic E-state index is 0.0315. The fourth-order valence-corrected chi connectivity index (χ4v) is 5.22. The zero-order valence-electron chi connectivity index (χ0n) is 19.6. The van der Waals surface area contributed by atoms with Crippen LogP contribution in [0.1, 0.15) is 73.5 Å². The first-order chi connectivity index (χ1) is 16.0. The Bertz CT molecular complexity index is 1250. The summed E-state index contributed by atoms with van der Waals surface area (Å²) in [5.41, 5.74) is 3.66. The van der Waals surface area contributed by atoms with Gasteiger partial charge in [-0.1, -0.05) is 32.9 Å². The number of anilines is 1. The number of aromatic nitrogens is 1. The van der Waals surface area contributed by atoms with E-state index in [1.54, 1.807) is 35.4 Å². The van der Waals surface area contributed by atoms with Gasteiger partial charge in [-0.25, -0.2) is 4.79 Å². The molecular weight excluding hydrogens is 450 g/mol. The number of fused-ring (bicyclic) bond motifs is 1. The van der Waals surface area contributed by atoms with Crippen LogP contribution in [0.3, 0.4) is 0 Å². The van der Waals surface area contributed by atoms with Crippen molar-refractivity contribution < 1.29 is 19.5 Å².